The minimum Gasteiger partial charge on any atom is -0.453 e. The second-order valence-electron chi connectivity index (χ2n) is 11.8. The highest BCUT2D eigenvalue weighted by molar-refractivity contribution is 7.89. The average molecular weight is 763 g/mol. The fourth-order valence-electron chi connectivity index (χ4n) is 6.12. The number of amides is 2. The molecule has 0 radical (unpaired) electrons. The number of nitrogens with one attached hydrogen (secondary N) is 3. The maximum absolute atomic E-state index is 15.5. The quantitative estimate of drug-likeness (QED) is 0.141. The SMILES string of the molecule is COC(=O)N[C@H](C(=O)Nc1cccc(F)c1CC[C@H]1CNCCN1S(=O)(=O)c1ccccc1)[C@@H](c1ccc(Cl)cc1)c1cccc(OC(F)(F)F)c1. The molecule has 16 heteroatoms. The third kappa shape index (κ3) is 9.59. The molecular formula is C36H35ClF4N4O6S. The zero-order chi connectivity index (χ0) is 37.5. The van der Waals surface area contributed by atoms with E-state index in [4.69, 9.17) is 16.3 Å². The summed E-state index contributed by atoms with van der Waals surface area (Å²) in [5.41, 5.74) is 0.671. The van der Waals surface area contributed by atoms with E-state index in [9.17, 15) is 31.2 Å². The van der Waals surface area contributed by atoms with Crippen molar-refractivity contribution in [1.82, 2.24) is 14.9 Å². The number of halogens is 5. The Morgan fingerprint density at radius 1 is 0.981 bits per heavy atom. The summed E-state index contributed by atoms with van der Waals surface area (Å²) in [5, 5.41) is 8.69. The van der Waals surface area contributed by atoms with Gasteiger partial charge in [-0.05, 0) is 72.5 Å². The first-order valence-electron chi connectivity index (χ1n) is 16.1. The third-order valence-corrected chi connectivity index (χ3v) is 10.7. The highest BCUT2D eigenvalue weighted by Gasteiger charge is 2.36. The van der Waals surface area contributed by atoms with E-state index in [1.54, 1.807) is 30.3 Å². The van der Waals surface area contributed by atoms with Crippen LogP contribution < -0.4 is 20.7 Å². The highest BCUT2D eigenvalue weighted by Crippen LogP contribution is 2.34. The van der Waals surface area contributed by atoms with E-state index in [0.29, 0.717) is 23.7 Å². The van der Waals surface area contributed by atoms with Gasteiger partial charge in [0.2, 0.25) is 15.9 Å². The molecule has 5 rings (SSSR count). The summed E-state index contributed by atoms with van der Waals surface area (Å²) in [7, 11) is -2.79. The monoisotopic (exact) mass is 762 g/mol. The number of hydrogen-bond donors (Lipinski definition) is 3. The first-order valence-corrected chi connectivity index (χ1v) is 17.9. The largest absolute Gasteiger partial charge is 0.573 e. The molecule has 1 aliphatic heterocycles. The maximum Gasteiger partial charge on any atom is 0.573 e. The van der Waals surface area contributed by atoms with Gasteiger partial charge < -0.3 is 25.4 Å². The summed E-state index contributed by atoms with van der Waals surface area (Å²) in [6, 6.07) is 21.0. The smallest absolute Gasteiger partial charge is 0.453 e. The first kappa shape index (κ1) is 38.5. The standard InChI is InChI=1S/C36H35ClF4N4O6S/c1-50-35(47)44-33(32(23-13-15-25(37)16-14-23)24-7-5-8-27(21-24)51-36(39,40)41)34(46)43-31-12-6-11-30(38)29(31)18-17-26-22-42-19-20-45(26)52(48,49)28-9-3-2-4-10-28/h2-16,21,26,32-33,42H,17-20,22H2,1H3,(H,43,46)(H,44,47)/t26-,32-,33-/m0/s1. The van der Waals surface area contributed by atoms with Crippen LogP contribution in [0.4, 0.5) is 28.0 Å². The molecule has 1 heterocycles. The van der Waals surface area contributed by atoms with Crippen LogP contribution in [0.3, 0.4) is 0 Å². The zero-order valence-electron chi connectivity index (χ0n) is 27.7. The molecule has 1 fully saturated rings. The van der Waals surface area contributed by atoms with E-state index >= 15 is 4.39 Å². The molecule has 0 bridgehead atoms. The Balaban J connectivity index is 1.47. The Kier molecular flexibility index (Phi) is 12.4. The molecule has 4 aromatic rings. The minimum atomic E-state index is -5.00. The topological polar surface area (TPSA) is 126 Å². The Morgan fingerprint density at radius 3 is 2.38 bits per heavy atom. The van der Waals surface area contributed by atoms with Crippen LogP contribution in [0.5, 0.6) is 5.75 Å². The number of anilines is 1. The number of methoxy groups -OCH3 is 1. The zero-order valence-corrected chi connectivity index (χ0v) is 29.3. The van der Waals surface area contributed by atoms with Crippen molar-refractivity contribution in [1.29, 1.82) is 0 Å². The lowest BCUT2D eigenvalue weighted by atomic mass is 9.84. The van der Waals surface area contributed by atoms with Crippen LogP contribution in [0.2, 0.25) is 5.02 Å². The van der Waals surface area contributed by atoms with Crippen molar-refractivity contribution in [2.75, 3.05) is 32.1 Å². The molecule has 1 aliphatic rings. The van der Waals surface area contributed by atoms with Gasteiger partial charge in [0, 0.05) is 47.9 Å². The Morgan fingerprint density at radius 2 is 1.69 bits per heavy atom. The summed E-state index contributed by atoms with van der Waals surface area (Å²) in [6.45, 7) is 0.941. The molecule has 4 aromatic carbocycles. The van der Waals surface area contributed by atoms with Gasteiger partial charge in [-0.2, -0.15) is 4.31 Å². The van der Waals surface area contributed by atoms with E-state index in [2.05, 4.69) is 20.7 Å². The van der Waals surface area contributed by atoms with Gasteiger partial charge >= 0.3 is 12.5 Å². The molecule has 10 nitrogen and oxygen atoms in total. The predicted octanol–water partition coefficient (Wildman–Crippen LogP) is 6.47. The average Bonchev–Trinajstić information content (AvgIpc) is 3.11. The lowest BCUT2D eigenvalue weighted by Gasteiger charge is -2.35. The summed E-state index contributed by atoms with van der Waals surface area (Å²) >= 11 is 6.11. The van der Waals surface area contributed by atoms with Crippen molar-refractivity contribution in [3.05, 3.63) is 125 Å². The maximum atomic E-state index is 15.5. The van der Waals surface area contributed by atoms with Gasteiger partial charge in [-0.3, -0.25) is 4.79 Å². The lowest BCUT2D eigenvalue weighted by molar-refractivity contribution is -0.274. The van der Waals surface area contributed by atoms with Crippen LogP contribution in [0, 0.1) is 5.82 Å². The minimum absolute atomic E-state index is 0.0159. The van der Waals surface area contributed by atoms with Gasteiger partial charge in [0.15, 0.2) is 0 Å². The van der Waals surface area contributed by atoms with Gasteiger partial charge in [0.25, 0.3) is 0 Å². The lowest BCUT2D eigenvalue weighted by Crippen LogP contribution is -2.53. The Labute approximate surface area is 303 Å². The predicted molar refractivity (Wildman–Crippen MR) is 186 cm³/mol. The number of sulfonamides is 1. The van der Waals surface area contributed by atoms with Crippen LogP contribution in [0.1, 0.15) is 29.0 Å². The number of benzene rings is 4. The van der Waals surface area contributed by atoms with Crippen molar-refractivity contribution in [3.8, 4) is 5.75 Å². The normalized spacial score (nSPS) is 16.4. The van der Waals surface area contributed by atoms with Gasteiger partial charge in [0.1, 0.15) is 17.6 Å². The van der Waals surface area contributed by atoms with Crippen LogP contribution in [-0.4, -0.2) is 69.9 Å². The molecule has 0 spiro atoms. The molecule has 0 aliphatic carbocycles. The van der Waals surface area contributed by atoms with Gasteiger partial charge in [-0.25, -0.2) is 17.6 Å². The van der Waals surface area contributed by atoms with Gasteiger partial charge in [-0.15, -0.1) is 13.2 Å². The number of carbonyl (C=O) groups is 2. The highest BCUT2D eigenvalue weighted by atomic mass is 35.5. The third-order valence-electron chi connectivity index (χ3n) is 8.50. The van der Waals surface area contributed by atoms with Crippen molar-refractivity contribution in [2.24, 2.45) is 0 Å². The molecule has 2 amide bonds. The molecular weight excluding hydrogens is 728 g/mol. The van der Waals surface area contributed by atoms with E-state index in [-0.39, 0.29) is 41.1 Å². The van der Waals surface area contributed by atoms with E-state index < -0.39 is 58.0 Å². The van der Waals surface area contributed by atoms with E-state index in [0.717, 1.165) is 19.2 Å². The van der Waals surface area contributed by atoms with E-state index in [1.165, 1.54) is 58.9 Å². The van der Waals surface area contributed by atoms with Crippen LogP contribution in [-0.2, 0) is 26.0 Å². The summed E-state index contributed by atoms with van der Waals surface area (Å²) in [5.74, 6) is -3.21. The Hall–Kier alpha value is -4.70. The molecule has 52 heavy (non-hydrogen) atoms. The molecule has 0 aromatic heterocycles. The molecule has 3 N–H and O–H groups in total. The number of rotatable bonds is 12. The number of carbonyl (C=O) groups excluding carboxylic acids is 2. The number of nitrogens with zero attached hydrogens (tertiary/aromatic N) is 1. The van der Waals surface area contributed by atoms with Crippen LogP contribution in [0.25, 0.3) is 0 Å². The molecule has 3 atom stereocenters. The van der Waals surface area contributed by atoms with Gasteiger partial charge in [-0.1, -0.05) is 60.1 Å². The van der Waals surface area contributed by atoms with Crippen molar-refractivity contribution >= 4 is 39.3 Å². The van der Waals surface area contributed by atoms with Crippen molar-refractivity contribution in [2.45, 2.75) is 42.1 Å². The fourth-order valence-corrected chi connectivity index (χ4v) is 7.92. The number of alkyl halides is 3. The van der Waals surface area contributed by atoms with Crippen LogP contribution >= 0.6 is 11.6 Å². The number of hydrogen-bond acceptors (Lipinski definition) is 7. The number of ether oxygens (including phenoxy) is 2. The first-order chi connectivity index (χ1) is 24.8. The number of piperazine rings is 1. The Bertz CT molecular complexity index is 1970. The van der Waals surface area contributed by atoms with E-state index in [1.807, 2.05) is 0 Å². The molecule has 1 saturated heterocycles. The fraction of sp³-hybridized carbons (Fsp3) is 0.278. The summed E-state index contributed by atoms with van der Waals surface area (Å²) in [4.78, 5) is 27.0. The van der Waals surface area contributed by atoms with Crippen molar-refractivity contribution in [3.63, 3.8) is 0 Å². The second-order valence-corrected chi connectivity index (χ2v) is 14.2. The summed E-state index contributed by atoms with van der Waals surface area (Å²) in [6.07, 6.45) is -5.82. The number of alkyl carbamates (subject to hydrolysis) is 1. The molecule has 0 saturated carbocycles. The van der Waals surface area contributed by atoms with Gasteiger partial charge in [0.05, 0.1) is 12.0 Å². The second kappa shape index (κ2) is 16.8. The van der Waals surface area contributed by atoms with Crippen LogP contribution in [0.15, 0.2) is 102 Å². The summed E-state index contributed by atoms with van der Waals surface area (Å²) < 4.78 is 92.4. The molecule has 0 unspecified atom stereocenters. The molecule has 276 valence electrons. The van der Waals surface area contributed by atoms with Crippen molar-refractivity contribution < 1.29 is 45.0 Å².